The molecule has 0 aromatic heterocycles. The Bertz CT molecular complexity index is 123. The van der Waals surface area contributed by atoms with Crippen LogP contribution in [0.3, 0.4) is 0 Å². The van der Waals surface area contributed by atoms with Gasteiger partial charge in [-0.25, -0.2) is 4.79 Å². The molecule has 6 nitrogen and oxygen atoms in total. The van der Waals surface area contributed by atoms with E-state index in [-0.39, 0.29) is 25.7 Å². The molecule has 0 spiro atoms. The quantitative estimate of drug-likeness (QED) is 0.361. The van der Waals surface area contributed by atoms with E-state index in [1.807, 2.05) is 0 Å². The second-order valence-corrected chi connectivity index (χ2v) is 2.65. The van der Waals surface area contributed by atoms with Crippen molar-refractivity contribution in [2.24, 2.45) is 5.92 Å². The van der Waals surface area contributed by atoms with Gasteiger partial charge < -0.3 is 25.5 Å². The molecule has 0 aliphatic heterocycles. The molecule has 0 bridgehead atoms. The minimum Gasteiger partial charge on any atom is -0.480 e. The third kappa shape index (κ3) is 13.9. The molecule has 0 atom stereocenters. The highest BCUT2D eigenvalue weighted by Crippen LogP contribution is 2.02. The van der Waals surface area contributed by atoms with Crippen molar-refractivity contribution in [2.45, 2.75) is 12.8 Å². The topological polar surface area (TPSA) is 118 Å². The lowest BCUT2D eigenvalue weighted by molar-refractivity contribution is -0.140. The maximum Gasteiger partial charge on any atom is 0.329 e. The number of carboxylic acids is 1. The molecule has 0 amide bonds. The van der Waals surface area contributed by atoms with Gasteiger partial charge in [0.15, 0.2) is 0 Å². The number of rotatable bonds is 6. The Morgan fingerprint density at radius 1 is 1.07 bits per heavy atom. The predicted molar refractivity (Wildman–Crippen MR) is 48.7 cm³/mol. The number of aliphatic hydroxyl groups excluding tert-OH is 4. The first kappa shape index (κ1) is 15.8. The van der Waals surface area contributed by atoms with Crippen LogP contribution in [0.5, 0.6) is 0 Å². The fourth-order valence-corrected chi connectivity index (χ4v) is 0.620. The van der Waals surface area contributed by atoms with Crippen LogP contribution >= 0.6 is 0 Å². The van der Waals surface area contributed by atoms with E-state index in [2.05, 4.69) is 0 Å². The van der Waals surface area contributed by atoms with Crippen LogP contribution in [0.4, 0.5) is 0 Å². The predicted octanol–water partition coefficient (Wildman–Crippen LogP) is -1.58. The average molecular weight is 210 g/mol. The zero-order valence-electron chi connectivity index (χ0n) is 7.96. The van der Waals surface area contributed by atoms with Gasteiger partial charge >= 0.3 is 5.97 Å². The number of aliphatic hydroxyl groups is 4. The summed E-state index contributed by atoms with van der Waals surface area (Å²) in [6, 6.07) is 0. The van der Waals surface area contributed by atoms with E-state index in [0.717, 1.165) is 0 Å². The van der Waals surface area contributed by atoms with Crippen molar-refractivity contribution in [3.05, 3.63) is 0 Å². The summed E-state index contributed by atoms with van der Waals surface area (Å²) in [6.45, 7) is -0.622. The Morgan fingerprint density at radius 2 is 1.50 bits per heavy atom. The zero-order valence-corrected chi connectivity index (χ0v) is 7.96. The van der Waals surface area contributed by atoms with E-state index >= 15 is 0 Å². The van der Waals surface area contributed by atoms with Crippen LogP contribution in [0.1, 0.15) is 12.8 Å². The lowest BCUT2D eigenvalue weighted by Crippen LogP contribution is -2.11. The van der Waals surface area contributed by atoms with E-state index in [4.69, 9.17) is 30.3 Å². The molecule has 86 valence electrons. The molecule has 0 heterocycles. The van der Waals surface area contributed by atoms with Gasteiger partial charge in [0.25, 0.3) is 0 Å². The molecule has 0 aliphatic rings. The molecule has 0 aliphatic carbocycles. The molecule has 0 fully saturated rings. The Hall–Kier alpha value is -0.690. The maximum atomic E-state index is 9.12. The summed E-state index contributed by atoms with van der Waals surface area (Å²) in [7, 11) is 0. The van der Waals surface area contributed by atoms with Gasteiger partial charge in [-0.1, -0.05) is 0 Å². The molecule has 6 heteroatoms. The highest BCUT2D eigenvalue weighted by Gasteiger charge is 2.03. The van der Waals surface area contributed by atoms with Gasteiger partial charge in [-0.05, 0) is 12.8 Å². The summed E-state index contributed by atoms with van der Waals surface area (Å²) in [5.41, 5.74) is 0. The first-order valence-corrected chi connectivity index (χ1v) is 4.27. The smallest absolute Gasteiger partial charge is 0.329 e. The Kier molecular flexibility index (Phi) is 13.9. The van der Waals surface area contributed by atoms with Crippen LogP contribution in [-0.4, -0.2) is 57.9 Å². The summed E-state index contributed by atoms with van der Waals surface area (Å²) < 4.78 is 0. The van der Waals surface area contributed by atoms with Crippen molar-refractivity contribution < 1.29 is 30.3 Å². The van der Waals surface area contributed by atoms with Gasteiger partial charge in [0.05, 0.1) is 0 Å². The van der Waals surface area contributed by atoms with E-state index in [1.54, 1.807) is 0 Å². The monoisotopic (exact) mass is 210 g/mol. The maximum absolute atomic E-state index is 9.12. The number of hydrogen-bond acceptors (Lipinski definition) is 5. The molecule has 0 aromatic carbocycles. The van der Waals surface area contributed by atoms with Gasteiger partial charge in [-0.3, -0.25) is 0 Å². The Labute approximate surface area is 82.4 Å². The number of carbonyl (C=O) groups is 1. The SMILES string of the molecule is O=C(O)CO.OCCCC(CO)CO. The van der Waals surface area contributed by atoms with Crippen LogP contribution in [0.25, 0.3) is 0 Å². The largest absolute Gasteiger partial charge is 0.480 e. The minimum atomic E-state index is -1.19. The van der Waals surface area contributed by atoms with Gasteiger partial charge in [0.1, 0.15) is 6.61 Å². The van der Waals surface area contributed by atoms with Crippen molar-refractivity contribution in [1.82, 2.24) is 0 Å². The molecule has 0 radical (unpaired) electrons. The van der Waals surface area contributed by atoms with Crippen molar-refractivity contribution in [1.29, 1.82) is 0 Å². The van der Waals surface area contributed by atoms with E-state index in [1.165, 1.54) is 0 Å². The van der Waals surface area contributed by atoms with Gasteiger partial charge in [0, 0.05) is 25.7 Å². The number of aliphatic carboxylic acids is 1. The molecular formula is C8H18O6. The summed E-state index contributed by atoms with van der Waals surface area (Å²) in [6.07, 6.45) is 1.36. The summed E-state index contributed by atoms with van der Waals surface area (Å²) in [5.74, 6) is -1.23. The molecule has 0 saturated carbocycles. The third-order valence-electron chi connectivity index (χ3n) is 1.42. The van der Waals surface area contributed by atoms with Gasteiger partial charge in [-0.2, -0.15) is 0 Å². The fraction of sp³-hybridized carbons (Fsp3) is 0.875. The fourth-order valence-electron chi connectivity index (χ4n) is 0.620. The zero-order chi connectivity index (χ0) is 11.4. The van der Waals surface area contributed by atoms with Crippen molar-refractivity contribution in [2.75, 3.05) is 26.4 Å². The molecule has 5 N–H and O–H groups in total. The van der Waals surface area contributed by atoms with E-state index < -0.39 is 12.6 Å². The molecule has 0 aromatic rings. The molecule has 0 unspecified atom stereocenters. The minimum absolute atomic E-state index is 0.0104. The highest BCUT2D eigenvalue weighted by molar-refractivity contribution is 5.67. The lowest BCUT2D eigenvalue weighted by Gasteiger charge is -2.07. The Morgan fingerprint density at radius 3 is 1.71 bits per heavy atom. The normalized spacial score (nSPS) is 9.50. The standard InChI is InChI=1S/C6H14O3.C2H4O3/c7-3-1-2-6(4-8)5-9;3-1-2(4)5/h6-9H,1-5H2;3H,1H2,(H,4,5). The molecule has 14 heavy (non-hydrogen) atoms. The summed E-state index contributed by atoms with van der Waals surface area (Å²) in [4.78, 5) is 9.12. The van der Waals surface area contributed by atoms with Crippen LogP contribution in [0, 0.1) is 5.92 Å². The van der Waals surface area contributed by atoms with Crippen LogP contribution in [0.2, 0.25) is 0 Å². The molecule has 0 rings (SSSR count). The third-order valence-corrected chi connectivity index (χ3v) is 1.42. The summed E-state index contributed by atoms with van der Waals surface area (Å²) >= 11 is 0. The first-order valence-electron chi connectivity index (χ1n) is 4.27. The van der Waals surface area contributed by atoms with Crippen molar-refractivity contribution >= 4 is 5.97 Å². The van der Waals surface area contributed by atoms with Crippen LogP contribution in [0.15, 0.2) is 0 Å². The number of carboxylic acid groups (broad SMARTS) is 1. The number of hydrogen-bond donors (Lipinski definition) is 5. The second kappa shape index (κ2) is 12.3. The van der Waals surface area contributed by atoms with E-state index in [0.29, 0.717) is 12.8 Å². The van der Waals surface area contributed by atoms with Crippen LogP contribution < -0.4 is 0 Å². The van der Waals surface area contributed by atoms with Crippen molar-refractivity contribution in [3.8, 4) is 0 Å². The second-order valence-electron chi connectivity index (χ2n) is 2.65. The lowest BCUT2D eigenvalue weighted by atomic mass is 10.1. The van der Waals surface area contributed by atoms with Gasteiger partial charge in [-0.15, -0.1) is 0 Å². The van der Waals surface area contributed by atoms with E-state index in [9.17, 15) is 0 Å². The van der Waals surface area contributed by atoms with Crippen molar-refractivity contribution in [3.63, 3.8) is 0 Å². The van der Waals surface area contributed by atoms with Crippen LogP contribution in [-0.2, 0) is 4.79 Å². The highest BCUT2D eigenvalue weighted by atomic mass is 16.4. The summed E-state index contributed by atoms with van der Waals surface area (Å²) in [5, 5.41) is 40.4. The van der Waals surface area contributed by atoms with Gasteiger partial charge in [0.2, 0.25) is 0 Å². The molecular weight excluding hydrogens is 192 g/mol. The average Bonchev–Trinajstić information content (AvgIpc) is 2.20. The Balaban J connectivity index is 0. The molecule has 0 saturated heterocycles. The first-order chi connectivity index (χ1) is 6.62.